The third kappa shape index (κ3) is 0.969. The molecule has 0 saturated carbocycles. The molecule has 0 aliphatic heterocycles. The molecule has 2 aromatic heterocycles. The minimum Gasteiger partial charge on any atom is -0.442 e. The maximum Gasteiger partial charge on any atom is 0.198 e. The molecule has 2 heterocycles. The maximum atomic E-state index is 5.39. The summed E-state index contributed by atoms with van der Waals surface area (Å²) in [7, 11) is 0. The van der Waals surface area contributed by atoms with Crippen molar-refractivity contribution in [3.05, 3.63) is 24.2 Å². The summed E-state index contributed by atoms with van der Waals surface area (Å²) in [6, 6.07) is 3.64. The van der Waals surface area contributed by atoms with E-state index in [0.717, 1.165) is 5.69 Å². The van der Waals surface area contributed by atoms with E-state index in [0.29, 0.717) is 17.8 Å². The second-order valence-electron chi connectivity index (χ2n) is 2.18. The number of hydrogen-bond donors (Lipinski definition) is 1. The molecule has 4 nitrogen and oxygen atoms in total. The molecular weight excluding hydrogens is 142 g/mol. The zero-order valence-electron chi connectivity index (χ0n) is 5.82. The second kappa shape index (κ2) is 2.32. The number of fused-ring (bicyclic) bond motifs is 1. The van der Waals surface area contributed by atoms with Crippen LogP contribution in [0, 0.1) is 0 Å². The Balaban J connectivity index is 2.67. The van der Waals surface area contributed by atoms with Crippen molar-refractivity contribution in [1.82, 2.24) is 9.97 Å². The molecular formula is C7H7N3O. The summed E-state index contributed by atoms with van der Waals surface area (Å²) in [5.74, 6) is 0. The van der Waals surface area contributed by atoms with Crippen molar-refractivity contribution in [2.75, 3.05) is 0 Å². The first-order valence-corrected chi connectivity index (χ1v) is 3.29. The summed E-state index contributed by atoms with van der Waals surface area (Å²) in [6.07, 6.45) is 1.37. The number of aromatic nitrogens is 2. The van der Waals surface area contributed by atoms with Gasteiger partial charge in [-0.25, -0.2) is 4.98 Å². The lowest BCUT2D eigenvalue weighted by molar-refractivity contribution is 0.602. The van der Waals surface area contributed by atoms with Crippen LogP contribution < -0.4 is 5.73 Å². The lowest BCUT2D eigenvalue weighted by atomic mass is 10.3. The van der Waals surface area contributed by atoms with Crippen molar-refractivity contribution < 1.29 is 4.42 Å². The van der Waals surface area contributed by atoms with E-state index >= 15 is 0 Å². The summed E-state index contributed by atoms with van der Waals surface area (Å²) in [5, 5.41) is 0. The Morgan fingerprint density at radius 1 is 1.45 bits per heavy atom. The fourth-order valence-corrected chi connectivity index (χ4v) is 0.906. The predicted octanol–water partition coefficient (Wildman–Crippen LogP) is 0.681. The van der Waals surface area contributed by atoms with Gasteiger partial charge in [0.25, 0.3) is 0 Å². The molecule has 2 N–H and O–H groups in total. The van der Waals surface area contributed by atoms with Gasteiger partial charge in [-0.3, -0.25) is 0 Å². The van der Waals surface area contributed by atoms with Crippen LogP contribution in [0.4, 0.5) is 0 Å². The van der Waals surface area contributed by atoms with E-state index in [9.17, 15) is 0 Å². The van der Waals surface area contributed by atoms with Crippen LogP contribution in [0.1, 0.15) is 5.69 Å². The number of hydrogen-bond acceptors (Lipinski definition) is 4. The molecule has 0 aromatic carbocycles. The first-order chi connectivity index (χ1) is 5.40. The number of rotatable bonds is 1. The molecule has 2 rings (SSSR count). The fourth-order valence-electron chi connectivity index (χ4n) is 0.906. The topological polar surface area (TPSA) is 64.9 Å². The van der Waals surface area contributed by atoms with Crippen molar-refractivity contribution in [2.24, 2.45) is 5.73 Å². The van der Waals surface area contributed by atoms with Crippen molar-refractivity contribution >= 4 is 11.2 Å². The van der Waals surface area contributed by atoms with E-state index in [2.05, 4.69) is 9.97 Å². The Labute approximate surface area is 63.1 Å². The minimum atomic E-state index is 0.433. The van der Waals surface area contributed by atoms with E-state index in [-0.39, 0.29) is 0 Å². The summed E-state index contributed by atoms with van der Waals surface area (Å²) >= 11 is 0. The Kier molecular flexibility index (Phi) is 1.33. The standard InChI is InChI=1S/C7H7N3O/c8-3-5-1-2-6-7(10-5)9-4-11-6/h1-2,4H,3,8H2. The van der Waals surface area contributed by atoms with Crippen molar-refractivity contribution in [1.29, 1.82) is 0 Å². The average Bonchev–Trinajstić information content (AvgIpc) is 2.50. The highest BCUT2D eigenvalue weighted by atomic mass is 16.3. The van der Waals surface area contributed by atoms with Gasteiger partial charge in [0.05, 0.1) is 5.69 Å². The van der Waals surface area contributed by atoms with E-state index in [4.69, 9.17) is 10.2 Å². The third-order valence-electron chi connectivity index (χ3n) is 1.46. The lowest BCUT2D eigenvalue weighted by Crippen LogP contribution is -1.98. The maximum absolute atomic E-state index is 5.39. The van der Waals surface area contributed by atoms with Crippen molar-refractivity contribution in [3.63, 3.8) is 0 Å². The van der Waals surface area contributed by atoms with Crippen LogP contribution in [0.5, 0.6) is 0 Å². The van der Waals surface area contributed by atoms with Gasteiger partial charge in [-0.05, 0) is 12.1 Å². The van der Waals surface area contributed by atoms with Crippen molar-refractivity contribution in [2.45, 2.75) is 6.54 Å². The van der Waals surface area contributed by atoms with Crippen LogP contribution in [-0.4, -0.2) is 9.97 Å². The number of pyridine rings is 1. The van der Waals surface area contributed by atoms with Gasteiger partial charge < -0.3 is 10.2 Å². The fraction of sp³-hybridized carbons (Fsp3) is 0.143. The summed E-state index contributed by atoms with van der Waals surface area (Å²) in [4.78, 5) is 8.02. The Morgan fingerprint density at radius 2 is 2.36 bits per heavy atom. The summed E-state index contributed by atoms with van der Waals surface area (Å²) in [6.45, 7) is 0.433. The Morgan fingerprint density at radius 3 is 3.18 bits per heavy atom. The molecule has 56 valence electrons. The van der Waals surface area contributed by atoms with Gasteiger partial charge in [0, 0.05) is 6.54 Å². The van der Waals surface area contributed by atoms with Crippen LogP contribution in [0.3, 0.4) is 0 Å². The van der Waals surface area contributed by atoms with Gasteiger partial charge in [0.2, 0.25) is 0 Å². The van der Waals surface area contributed by atoms with Gasteiger partial charge in [0.1, 0.15) is 0 Å². The summed E-state index contributed by atoms with van der Waals surface area (Å²) in [5.41, 5.74) is 7.53. The van der Waals surface area contributed by atoms with E-state index in [1.807, 2.05) is 12.1 Å². The van der Waals surface area contributed by atoms with Crippen LogP contribution >= 0.6 is 0 Å². The molecule has 0 unspecified atom stereocenters. The third-order valence-corrected chi connectivity index (χ3v) is 1.46. The SMILES string of the molecule is NCc1ccc2ocnc2n1. The second-order valence-corrected chi connectivity index (χ2v) is 2.18. The number of oxazole rings is 1. The van der Waals surface area contributed by atoms with E-state index in [1.165, 1.54) is 6.39 Å². The Bertz CT molecular complexity index is 368. The quantitative estimate of drug-likeness (QED) is 0.647. The van der Waals surface area contributed by atoms with Crippen LogP contribution in [0.2, 0.25) is 0 Å². The van der Waals surface area contributed by atoms with Gasteiger partial charge in [0.15, 0.2) is 17.6 Å². The highest BCUT2D eigenvalue weighted by Gasteiger charge is 1.98. The van der Waals surface area contributed by atoms with Gasteiger partial charge >= 0.3 is 0 Å². The van der Waals surface area contributed by atoms with E-state index in [1.54, 1.807) is 0 Å². The molecule has 0 atom stereocenters. The highest BCUT2D eigenvalue weighted by molar-refractivity contribution is 5.66. The molecule has 0 spiro atoms. The molecule has 0 amide bonds. The molecule has 2 aromatic rings. The van der Waals surface area contributed by atoms with Gasteiger partial charge in [-0.15, -0.1) is 0 Å². The zero-order valence-corrected chi connectivity index (χ0v) is 5.82. The van der Waals surface area contributed by atoms with E-state index < -0.39 is 0 Å². The van der Waals surface area contributed by atoms with Gasteiger partial charge in [-0.1, -0.05) is 0 Å². The van der Waals surface area contributed by atoms with Crippen molar-refractivity contribution in [3.8, 4) is 0 Å². The van der Waals surface area contributed by atoms with Gasteiger partial charge in [-0.2, -0.15) is 4.98 Å². The normalized spacial score (nSPS) is 10.6. The van der Waals surface area contributed by atoms with Crippen LogP contribution in [0.15, 0.2) is 22.9 Å². The minimum absolute atomic E-state index is 0.433. The highest BCUT2D eigenvalue weighted by Crippen LogP contribution is 2.09. The summed E-state index contributed by atoms with van der Waals surface area (Å²) < 4.78 is 5.00. The average molecular weight is 149 g/mol. The lowest BCUT2D eigenvalue weighted by Gasteiger charge is -1.91. The number of nitrogens with two attached hydrogens (primary N) is 1. The first-order valence-electron chi connectivity index (χ1n) is 3.29. The van der Waals surface area contributed by atoms with Crippen LogP contribution in [0.25, 0.3) is 11.2 Å². The predicted molar refractivity (Wildman–Crippen MR) is 39.7 cm³/mol. The van der Waals surface area contributed by atoms with Crippen LogP contribution in [-0.2, 0) is 6.54 Å². The molecule has 0 aliphatic rings. The Hall–Kier alpha value is -1.42. The smallest absolute Gasteiger partial charge is 0.198 e. The molecule has 0 aliphatic carbocycles. The molecule has 11 heavy (non-hydrogen) atoms. The molecule has 4 heteroatoms. The first kappa shape index (κ1) is 6.30. The largest absolute Gasteiger partial charge is 0.442 e. The molecule has 0 saturated heterocycles. The molecule has 0 radical (unpaired) electrons. The molecule has 0 fully saturated rings. The monoisotopic (exact) mass is 149 g/mol. The zero-order chi connectivity index (χ0) is 7.68. The number of nitrogens with zero attached hydrogens (tertiary/aromatic N) is 2. The molecule has 0 bridgehead atoms.